The summed E-state index contributed by atoms with van der Waals surface area (Å²) in [5.74, 6) is -0.488. The molecule has 1 saturated heterocycles. The van der Waals surface area contributed by atoms with Crippen LogP contribution >= 0.6 is 0 Å². The lowest BCUT2D eigenvalue weighted by molar-refractivity contribution is -0.384. The van der Waals surface area contributed by atoms with Crippen molar-refractivity contribution in [2.45, 2.75) is 38.9 Å². The van der Waals surface area contributed by atoms with E-state index in [9.17, 15) is 23.3 Å². The summed E-state index contributed by atoms with van der Waals surface area (Å²) in [5.41, 5.74) is 1.92. The van der Waals surface area contributed by atoms with Gasteiger partial charge < -0.3 is 5.32 Å². The highest BCUT2D eigenvalue weighted by molar-refractivity contribution is 7.92. The third-order valence-electron chi connectivity index (χ3n) is 5.55. The highest BCUT2D eigenvalue weighted by Crippen LogP contribution is 2.25. The van der Waals surface area contributed by atoms with E-state index in [0.717, 1.165) is 47.4 Å². The quantitative estimate of drug-likeness (QED) is 0.455. The number of rotatable bonds is 9. The van der Waals surface area contributed by atoms with Crippen LogP contribution in [0.3, 0.4) is 0 Å². The van der Waals surface area contributed by atoms with E-state index in [1.54, 1.807) is 0 Å². The Kier molecular flexibility index (Phi) is 7.47. The maximum atomic E-state index is 12.9. The summed E-state index contributed by atoms with van der Waals surface area (Å²) in [6.45, 7) is 4.66. The molecule has 9 nitrogen and oxygen atoms in total. The number of likely N-dealkylation sites (tertiary alicyclic amines) is 1. The largest absolute Gasteiger partial charge is 0.350 e. The topological polar surface area (TPSA) is 113 Å². The van der Waals surface area contributed by atoms with Gasteiger partial charge in [0.05, 0.1) is 16.9 Å². The van der Waals surface area contributed by atoms with Crippen LogP contribution in [0.5, 0.6) is 0 Å². The summed E-state index contributed by atoms with van der Waals surface area (Å²) in [7, 11) is -3.87. The van der Waals surface area contributed by atoms with Crippen LogP contribution in [0.15, 0.2) is 48.5 Å². The summed E-state index contributed by atoms with van der Waals surface area (Å²) in [6, 6.07) is 12.0. The second-order valence-electron chi connectivity index (χ2n) is 7.98. The molecule has 1 heterocycles. The third-order valence-corrected chi connectivity index (χ3v) is 6.79. The summed E-state index contributed by atoms with van der Waals surface area (Å²) >= 11 is 0. The van der Waals surface area contributed by atoms with Crippen LogP contribution in [0.25, 0.3) is 0 Å². The molecule has 3 rings (SSSR count). The van der Waals surface area contributed by atoms with Crippen molar-refractivity contribution in [3.63, 3.8) is 0 Å². The molecule has 1 atom stereocenters. The molecule has 10 heteroatoms. The molecule has 1 aliphatic heterocycles. The summed E-state index contributed by atoms with van der Waals surface area (Å²) in [6.07, 6.45) is 3.35. The first kappa shape index (κ1) is 23.7. The van der Waals surface area contributed by atoms with Crippen molar-refractivity contribution in [2.24, 2.45) is 0 Å². The van der Waals surface area contributed by atoms with Crippen LogP contribution in [0, 0.1) is 10.1 Å². The van der Waals surface area contributed by atoms with Gasteiger partial charge in [-0.1, -0.05) is 30.3 Å². The van der Waals surface area contributed by atoms with Crippen LogP contribution in [0.2, 0.25) is 0 Å². The Bertz CT molecular complexity index is 1080. The predicted molar refractivity (Wildman–Crippen MR) is 123 cm³/mol. The molecule has 0 aromatic heterocycles. The van der Waals surface area contributed by atoms with E-state index in [-0.39, 0.29) is 17.9 Å². The van der Waals surface area contributed by atoms with Gasteiger partial charge in [-0.2, -0.15) is 0 Å². The van der Waals surface area contributed by atoms with Crippen LogP contribution in [-0.2, 0) is 27.9 Å². The molecular weight excluding hydrogens is 432 g/mol. The van der Waals surface area contributed by atoms with E-state index in [1.165, 1.54) is 38.0 Å². The molecule has 0 bridgehead atoms. The van der Waals surface area contributed by atoms with E-state index in [2.05, 4.69) is 10.2 Å². The Hall–Kier alpha value is -2.98. The normalized spacial score (nSPS) is 15.3. The molecule has 1 fully saturated rings. The fourth-order valence-electron chi connectivity index (χ4n) is 3.95. The number of nitrogens with one attached hydrogen (secondary N) is 1. The fraction of sp³-hybridized carbons (Fsp3) is 0.409. The molecule has 32 heavy (non-hydrogen) atoms. The Morgan fingerprint density at radius 1 is 1.16 bits per heavy atom. The van der Waals surface area contributed by atoms with Gasteiger partial charge >= 0.3 is 0 Å². The van der Waals surface area contributed by atoms with Crippen molar-refractivity contribution in [3.8, 4) is 0 Å². The minimum absolute atomic E-state index is 0.0683. The maximum Gasteiger partial charge on any atom is 0.271 e. The third kappa shape index (κ3) is 5.83. The number of benzene rings is 2. The van der Waals surface area contributed by atoms with Gasteiger partial charge in [0, 0.05) is 25.2 Å². The molecule has 2 aromatic rings. The van der Waals surface area contributed by atoms with Gasteiger partial charge in [-0.15, -0.1) is 0 Å². The molecule has 0 spiro atoms. The number of nitrogens with zero attached hydrogens (tertiary/aromatic N) is 3. The van der Waals surface area contributed by atoms with Gasteiger partial charge in [0.2, 0.25) is 15.9 Å². The van der Waals surface area contributed by atoms with Gasteiger partial charge in [0.1, 0.15) is 6.04 Å². The second-order valence-corrected chi connectivity index (χ2v) is 9.84. The van der Waals surface area contributed by atoms with Gasteiger partial charge in [-0.3, -0.25) is 24.1 Å². The zero-order valence-electron chi connectivity index (χ0n) is 18.2. The van der Waals surface area contributed by atoms with E-state index in [0.29, 0.717) is 0 Å². The van der Waals surface area contributed by atoms with Crippen LogP contribution in [0.4, 0.5) is 11.4 Å². The average molecular weight is 461 g/mol. The van der Waals surface area contributed by atoms with Crippen molar-refractivity contribution in [2.75, 3.05) is 23.7 Å². The Morgan fingerprint density at radius 2 is 1.81 bits per heavy atom. The van der Waals surface area contributed by atoms with Crippen molar-refractivity contribution in [3.05, 3.63) is 69.8 Å². The lowest BCUT2D eigenvalue weighted by atomic mass is 10.1. The van der Waals surface area contributed by atoms with Crippen LogP contribution < -0.4 is 9.62 Å². The first-order chi connectivity index (χ1) is 15.2. The second kappa shape index (κ2) is 10.1. The van der Waals surface area contributed by atoms with Crippen molar-refractivity contribution in [1.82, 2.24) is 10.2 Å². The number of sulfonamides is 1. The molecule has 0 unspecified atom stereocenters. The molecule has 2 aromatic carbocycles. The van der Waals surface area contributed by atoms with E-state index < -0.39 is 26.9 Å². The number of hydrogen-bond donors (Lipinski definition) is 1. The van der Waals surface area contributed by atoms with E-state index >= 15 is 0 Å². The molecule has 172 valence electrons. The number of anilines is 1. The number of nitro benzene ring substituents is 1. The smallest absolute Gasteiger partial charge is 0.271 e. The molecule has 0 aliphatic carbocycles. The van der Waals surface area contributed by atoms with Gasteiger partial charge in [-0.05, 0) is 50.0 Å². The highest BCUT2D eigenvalue weighted by Gasteiger charge is 2.30. The van der Waals surface area contributed by atoms with Crippen LogP contribution in [0.1, 0.15) is 30.9 Å². The van der Waals surface area contributed by atoms with Gasteiger partial charge in [0.15, 0.2) is 0 Å². The standard InChI is InChI=1S/C22H28N4O5S/c1-17(25(32(2,30)31)20-10-7-11-21(14-20)26(28)29)22(27)23-15-18-8-3-4-9-19(18)16-24-12-5-6-13-24/h3-4,7-11,14,17H,5-6,12-13,15-16H2,1-2H3,(H,23,27)/t17-/m0/s1. The molecule has 0 radical (unpaired) electrons. The molecule has 1 aliphatic rings. The first-order valence-electron chi connectivity index (χ1n) is 10.5. The SMILES string of the molecule is C[C@@H](C(=O)NCc1ccccc1CN1CCCC1)N(c1cccc([N+](=O)[O-])c1)S(C)(=O)=O. The number of amides is 1. The highest BCUT2D eigenvalue weighted by atomic mass is 32.2. The summed E-state index contributed by atoms with van der Waals surface area (Å²) in [5, 5.41) is 13.9. The average Bonchev–Trinajstić information content (AvgIpc) is 3.25. The van der Waals surface area contributed by atoms with Gasteiger partial charge in [-0.25, -0.2) is 8.42 Å². The van der Waals surface area contributed by atoms with Gasteiger partial charge in [0.25, 0.3) is 5.69 Å². The number of nitro groups is 1. The zero-order chi connectivity index (χ0) is 23.3. The lowest BCUT2D eigenvalue weighted by Gasteiger charge is -2.28. The molecular formula is C22H28N4O5S. The monoisotopic (exact) mass is 460 g/mol. The zero-order valence-corrected chi connectivity index (χ0v) is 19.0. The van der Waals surface area contributed by atoms with Crippen LogP contribution in [-0.4, -0.2) is 49.5 Å². The van der Waals surface area contributed by atoms with E-state index in [4.69, 9.17) is 0 Å². The lowest BCUT2D eigenvalue weighted by Crippen LogP contribution is -2.47. The number of hydrogen-bond acceptors (Lipinski definition) is 6. The maximum absolute atomic E-state index is 12.9. The van der Waals surface area contributed by atoms with E-state index in [1.807, 2.05) is 24.3 Å². The molecule has 1 N–H and O–H groups in total. The number of carbonyl (C=O) groups excluding carboxylic acids is 1. The predicted octanol–water partition coefficient (Wildman–Crippen LogP) is 2.66. The van der Waals surface area contributed by atoms with Crippen molar-refractivity contribution >= 4 is 27.3 Å². The Balaban J connectivity index is 1.75. The Morgan fingerprint density at radius 3 is 2.44 bits per heavy atom. The summed E-state index contributed by atoms with van der Waals surface area (Å²) < 4.78 is 25.8. The minimum Gasteiger partial charge on any atom is -0.350 e. The number of carbonyl (C=O) groups is 1. The minimum atomic E-state index is -3.87. The number of non-ortho nitro benzene ring substituents is 1. The molecule has 1 amide bonds. The van der Waals surface area contributed by atoms with Crippen molar-refractivity contribution < 1.29 is 18.1 Å². The molecule has 0 saturated carbocycles. The Labute approximate surface area is 188 Å². The fourth-order valence-corrected chi connectivity index (χ4v) is 5.12. The van der Waals surface area contributed by atoms with Crippen molar-refractivity contribution in [1.29, 1.82) is 0 Å². The summed E-state index contributed by atoms with van der Waals surface area (Å²) in [4.78, 5) is 25.8. The first-order valence-corrected chi connectivity index (χ1v) is 12.3.